The summed E-state index contributed by atoms with van der Waals surface area (Å²) in [7, 11) is 0. The first-order valence-corrected chi connectivity index (χ1v) is 6.00. The average molecular weight is 239 g/mol. The zero-order chi connectivity index (χ0) is 12.3. The van der Waals surface area contributed by atoms with Crippen molar-refractivity contribution in [1.29, 1.82) is 0 Å². The molecule has 94 valence electrons. The average Bonchev–Trinajstić information content (AvgIpc) is 2.35. The number of hydrogen-bond acceptors (Lipinski definition) is 4. The predicted octanol–water partition coefficient (Wildman–Crippen LogP) is 1.97. The van der Waals surface area contributed by atoms with Crippen LogP contribution in [0.3, 0.4) is 0 Å². The molecule has 0 radical (unpaired) electrons. The largest absolute Gasteiger partial charge is 0.394 e. The molecule has 0 bridgehead atoms. The van der Waals surface area contributed by atoms with E-state index in [1.54, 1.807) is 0 Å². The van der Waals surface area contributed by atoms with Crippen molar-refractivity contribution in [3.63, 3.8) is 0 Å². The first-order chi connectivity index (χ1) is 8.13. The number of nitrogens with zero attached hydrogens (tertiary/aromatic N) is 2. The molecule has 0 aliphatic heterocycles. The fourth-order valence-electron chi connectivity index (χ4n) is 2.25. The van der Waals surface area contributed by atoms with Gasteiger partial charge in [-0.15, -0.1) is 0 Å². The molecule has 17 heavy (non-hydrogen) atoms. The van der Waals surface area contributed by atoms with Gasteiger partial charge in [0, 0.05) is 0 Å². The zero-order valence-corrected chi connectivity index (χ0v) is 9.99. The van der Waals surface area contributed by atoms with Gasteiger partial charge in [-0.2, -0.15) is 0 Å². The molecule has 5 heteroatoms. The lowest BCUT2D eigenvalue weighted by Crippen LogP contribution is -2.45. The van der Waals surface area contributed by atoms with Crippen LogP contribution in [-0.4, -0.2) is 27.2 Å². The van der Waals surface area contributed by atoms with Gasteiger partial charge in [0.1, 0.15) is 0 Å². The molecule has 2 rings (SSSR count). The van der Waals surface area contributed by atoms with Crippen molar-refractivity contribution in [1.82, 2.24) is 9.97 Å². The number of rotatable bonds is 3. The van der Waals surface area contributed by atoms with Crippen LogP contribution in [-0.2, 0) is 0 Å². The monoisotopic (exact) mass is 239 g/mol. The van der Waals surface area contributed by atoms with E-state index in [-0.39, 0.29) is 12.1 Å². The lowest BCUT2D eigenvalue weighted by molar-refractivity contribution is 0.154. The number of halogens is 1. The molecule has 0 unspecified atom stereocenters. The lowest BCUT2D eigenvalue weighted by Gasteiger charge is -2.38. The summed E-state index contributed by atoms with van der Waals surface area (Å²) in [6.07, 6.45) is 6.21. The van der Waals surface area contributed by atoms with Gasteiger partial charge in [0.2, 0.25) is 5.95 Å². The van der Waals surface area contributed by atoms with Crippen molar-refractivity contribution in [3.8, 4) is 0 Å². The highest BCUT2D eigenvalue weighted by molar-refractivity contribution is 5.29. The van der Waals surface area contributed by atoms with Gasteiger partial charge >= 0.3 is 0 Å². The normalized spacial score (nSPS) is 29.0. The summed E-state index contributed by atoms with van der Waals surface area (Å²) in [4.78, 5) is 7.75. The maximum atomic E-state index is 12.7. The Balaban J connectivity index is 2.06. The van der Waals surface area contributed by atoms with Crippen molar-refractivity contribution in [3.05, 3.63) is 18.2 Å². The van der Waals surface area contributed by atoms with Gasteiger partial charge in [-0.05, 0) is 31.6 Å². The zero-order valence-electron chi connectivity index (χ0n) is 9.99. The van der Waals surface area contributed by atoms with Crippen LogP contribution in [0.2, 0.25) is 0 Å². The van der Waals surface area contributed by atoms with Gasteiger partial charge < -0.3 is 10.4 Å². The van der Waals surface area contributed by atoms with Crippen LogP contribution in [0.4, 0.5) is 10.3 Å². The van der Waals surface area contributed by atoms with E-state index < -0.39 is 5.82 Å². The van der Waals surface area contributed by atoms with E-state index in [1.165, 1.54) is 0 Å². The van der Waals surface area contributed by atoms with E-state index in [1.807, 2.05) is 0 Å². The number of hydrogen-bond donors (Lipinski definition) is 2. The second kappa shape index (κ2) is 4.96. The van der Waals surface area contributed by atoms with Crippen LogP contribution in [0.15, 0.2) is 12.4 Å². The van der Waals surface area contributed by atoms with Gasteiger partial charge in [-0.3, -0.25) is 0 Å². The highest BCUT2D eigenvalue weighted by Gasteiger charge is 2.34. The number of aromatic nitrogens is 2. The summed E-state index contributed by atoms with van der Waals surface area (Å²) >= 11 is 0. The molecular weight excluding hydrogens is 221 g/mol. The molecule has 1 aliphatic rings. The van der Waals surface area contributed by atoms with E-state index in [2.05, 4.69) is 22.2 Å². The fourth-order valence-corrected chi connectivity index (χ4v) is 2.25. The summed E-state index contributed by atoms with van der Waals surface area (Å²) in [6.45, 7) is 2.27. The number of nitrogens with one attached hydrogen (secondary N) is 1. The van der Waals surface area contributed by atoms with Gasteiger partial charge in [0.05, 0.1) is 24.5 Å². The molecule has 1 heterocycles. The van der Waals surface area contributed by atoms with Gasteiger partial charge in [0.15, 0.2) is 5.82 Å². The SMILES string of the molecule is CC1CCC(CO)(Nc2ncc(F)cn2)CC1. The molecule has 4 nitrogen and oxygen atoms in total. The lowest BCUT2D eigenvalue weighted by atomic mass is 9.77. The minimum atomic E-state index is -0.453. The van der Waals surface area contributed by atoms with Crippen LogP contribution in [0.25, 0.3) is 0 Å². The van der Waals surface area contributed by atoms with Crippen molar-refractivity contribution >= 4 is 5.95 Å². The molecule has 0 spiro atoms. The third-order valence-corrected chi connectivity index (χ3v) is 3.53. The minimum absolute atomic E-state index is 0.0560. The molecule has 1 saturated carbocycles. The Hall–Kier alpha value is -1.23. The summed E-state index contributed by atoms with van der Waals surface area (Å²) in [5.41, 5.74) is -0.343. The van der Waals surface area contributed by atoms with Gasteiger partial charge in [0.25, 0.3) is 0 Å². The smallest absolute Gasteiger partial charge is 0.223 e. The van der Waals surface area contributed by atoms with Crippen LogP contribution < -0.4 is 5.32 Å². The maximum Gasteiger partial charge on any atom is 0.223 e. The number of aliphatic hydroxyl groups is 1. The molecular formula is C12H18FN3O. The van der Waals surface area contributed by atoms with Crippen LogP contribution in [0.5, 0.6) is 0 Å². The standard InChI is InChI=1S/C12H18FN3O/c1-9-2-4-12(8-17,5-3-9)16-11-14-6-10(13)7-15-11/h6-7,9,17H,2-5,8H2,1H3,(H,14,15,16). The molecule has 1 aromatic heterocycles. The fraction of sp³-hybridized carbons (Fsp3) is 0.667. The molecule has 0 saturated heterocycles. The number of anilines is 1. The molecule has 2 N–H and O–H groups in total. The third-order valence-electron chi connectivity index (χ3n) is 3.53. The summed E-state index contributed by atoms with van der Waals surface area (Å²) in [5, 5.41) is 12.7. The molecule has 1 aliphatic carbocycles. The van der Waals surface area contributed by atoms with Crippen molar-refractivity contribution in [2.24, 2.45) is 5.92 Å². The molecule has 0 amide bonds. The predicted molar refractivity (Wildman–Crippen MR) is 63.1 cm³/mol. The Morgan fingerprint density at radius 3 is 2.53 bits per heavy atom. The van der Waals surface area contributed by atoms with Crippen LogP contribution in [0, 0.1) is 11.7 Å². The minimum Gasteiger partial charge on any atom is -0.394 e. The third kappa shape index (κ3) is 2.91. The number of aliphatic hydroxyl groups excluding tert-OH is 1. The molecule has 1 aromatic rings. The molecule has 0 atom stereocenters. The Morgan fingerprint density at radius 1 is 1.41 bits per heavy atom. The van der Waals surface area contributed by atoms with E-state index in [0.717, 1.165) is 38.1 Å². The maximum absolute atomic E-state index is 12.7. The van der Waals surface area contributed by atoms with Crippen LogP contribution in [0.1, 0.15) is 32.6 Å². The summed E-state index contributed by atoms with van der Waals surface area (Å²) in [5.74, 6) is 0.631. The topological polar surface area (TPSA) is 58.0 Å². The van der Waals surface area contributed by atoms with Crippen molar-refractivity contribution in [2.45, 2.75) is 38.1 Å². The van der Waals surface area contributed by atoms with Crippen LogP contribution >= 0.6 is 0 Å². The quantitative estimate of drug-likeness (QED) is 0.846. The van der Waals surface area contributed by atoms with Crippen molar-refractivity contribution < 1.29 is 9.50 Å². The highest BCUT2D eigenvalue weighted by Crippen LogP contribution is 2.33. The Kier molecular flexibility index (Phi) is 3.57. The molecule has 0 aromatic carbocycles. The van der Waals surface area contributed by atoms with Gasteiger partial charge in [-0.1, -0.05) is 6.92 Å². The summed E-state index contributed by atoms with van der Waals surface area (Å²) in [6, 6.07) is 0. The van der Waals surface area contributed by atoms with E-state index in [9.17, 15) is 9.50 Å². The van der Waals surface area contributed by atoms with Crippen molar-refractivity contribution in [2.75, 3.05) is 11.9 Å². The second-order valence-electron chi connectivity index (χ2n) is 4.97. The summed E-state index contributed by atoms with van der Waals surface area (Å²) < 4.78 is 12.7. The second-order valence-corrected chi connectivity index (χ2v) is 4.97. The van der Waals surface area contributed by atoms with E-state index >= 15 is 0 Å². The van der Waals surface area contributed by atoms with Gasteiger partial charge in [-0.25, -0.2) is 14.4 Å². The highest BCUT2D eigenvalue weighted by atomic mass is 19.1. The first-order valence-electron chi connectivity index (χ1n) is 6.00. The van der Waals surface area contributed by atoms with E-state index in [4.69, 9.17) is 0 Å². The molecule has 1 fully saturated rings. The Morgan fingerprint density at radius 2 is 2.00 bits per heavy atom. The first kappa shape index (κ1) is 12.2. The Labute approximate surface area is 100 Å². The van der Waals surface area contributed by atoms with E-state index in [0.29, 0.717) is 11.9 Å². The Bertz CT molecular complexity index is 361.